The maximum absolute atomic E-state index is 12.0. The minimum atomic E-state index is -0.141. The molecule has 0 aliphatic carbocycles. The Bertz CT molecular complexity index is 561. The summed E-state index contributed by atoms with van der Waals surface area (Å²) in [6, 6.07) is 14.7. The van der Waals surface area contributed by atoms with E-state index in [-0.39, 0.29) is 12.5 Å². The quantitative estimate of drug-likeness (QED) is 0.882. The molecule has 19 heavy (non-hydrogen) atoms. The largest absolute Gasteiger partial charge is 0.392 e. The number of hydrogen-bond acceptors (Lipinski definition) is 2. The predicted molar refractivity (Wildman–Crippen MR) is 76.1 cm³/mol. The Morgan fingerprint density at radius 2 is 1.84 bits per heavy atom. The number of hydrogen-bond donors (Lipinski definition) is 2. The smallest absolute Gasteiger partial charge is 0.255 e. The van der Waals surface area contributed by atoms with Crippen molar-refractivity contribution in [3.05, 3.63) is 65.2 Å². The summed E-state index contributed by atoms with van der Waals surface area (Å²) in [5, 5.41) is 11.9. The number of nitrogens with one attached hydrogen (secondary N) is 1. The number of aryl methyl sites for hydroxylation is 1. The Kier molecular flexibility index (Phi) is 4.31. The van der Waals surface area contributed by atoms with Gasteiger partial charge in [0, 0.05) is 11.3 Å². The third-order valence-electron chi connectivity index (χ3n) is 2.99. The van der Waals surface area contributed by atoms with Crippen LogP contribution < -0.4 is 5.32 Å². The molecule has 0 heterocycles. The van der Waals surface area contributed by atoms with E-state index in [2.05, 4.69) is 12.2 Å². The van der Waals surface area contributed by atoms with E-state index < -0.39 is 0 Å². The van der Waals surface area contributed by atoms with Crippen molar-refractivity contribution >= 4 is 11.6 Å². The average molecular weight is 255 g/mol. The molecule has 2 N–H and O–H groups in total. The van der Waals surface area contributed by atoms with Crippen LogP contribution in [0.5, 0.6) is 0 Å². The van der Waals surface area contributed by atoms with Gasteiger partial charge in [0.05, 0.1) is 6.61 Å². The fourth-order valence-electron chi connectivity index (χ4n) is 1.84. The van der Waals surface area contributed by atoms with E-state index in [4.69, 9.17) is 5.11 Å². The maximum Gasteiger partial charge on any atom is 0.255 e. The van der Waals surface area contributed by atoms with Crippen LogP contribution in [0.25, 0.3) is 0 Å². The van der Waals surface area contributed by atoms with E-state index in [0.29, 0.717) is 11.3 Å². The molecule has 0 bridgehead atoms. The summed E-state index contributed by atoms with van der Waals surface area (Å²) in [4.78, 5) is 12.0. The highest BCUT2D eigenvalue weighted by Gasteiger charge is 2.06. The summed E-state index contributed by atoms with van der Waals surface area (Å²) < 4.78 is 0. The molecule has 0 aliphatic rings. The van der Waals surface area contributed by atoms with Gasteiger partial charge in [0.1, 0.15) is 0 Å². The van der Waals surface area contributed by atoms with Crippen molar-refractivity contribution in [2.24, 2.45) is 0 Å². The second-order valence-corrected chi connectivity index (χ2v) is 4.36. The number of carbonyl (C=O) groups excluding carboxylic acids is 1. The first-order valence-electron chi connectivity index (χ1n) is 6.33. The van der Waals surface area contributed by atoms with Crippen molar-refractivity contribution in [2.75, 3.05) is 5.32 Å². The van der Waals surface area contributed by atoms with Crippen LogP contribution in [0.1, 0.15) is 28.4 Å². The van der Waals surface area contributed by atoms with E-state index in [9.17, 15) is 4.79 Å². The minimum absolute atomic E-state index is 0.0328. The molecule has 0 saturated heterocycles. The second-order valence-electron chi connectivity index (χ2n) is 4.36. The monoisotopic (exact) mass is 255 g/mol. The fraction of sp³-hybridized carbons (Fsp3) is 0.188. The van der Waals surface area contributed by atoms with Gasteiger partial charge in [-0.3, -0.25) is 4.79 Å². The molecule has 0 spiro atoms. The van der Waals surface area contributed by atoms with Gasteiger partial charge in [-0.1, -0.05) is 31.2 Å². The molecule has 0 aliphatic heterocycles. The van der Waals surface area contributed by atoms with Gasteiger partial charge in [-0.05, 0) is 41.8 Å². The van der Waals surface area contributed by atoms with E-state index in [1.54, 1.807) is 18.2 Å². The van der Waals surface area contributed by atoms with Crippen molar-refractivity contribution < 1.29 is 9.90 Å². The maximum atomic E-state index is 12.0. The molecule has 0 atom stereocenters. The third-order valence-corrected chi connectivity index (χ3v) is 2.99. The first-order chi connectivity index (χ1) is 9.22. The summed E-state index contributed by atoms with van der Waals surface area (Å²) in [5.74, 6) is -0.141. The second kappa shape index (κ2) is 6.16. The number of carbonyl (C=O) groups is 1. The lowest BCUT2D eigenvalue weighted by molar-refractivity contribution is 0.102. The van der Waals surface area contributed by atoms with E-state index in [1.807, 2.05) is 30.3 Å². The van der Waals surface area contributed by atoms with Gasteiger partial charge in [0.2, 0.25) is 0 Å². The van der Waals surface area contributed by atoms with Crippen LogP contribution in [0.4, 0.5) is 5.69 Å². The molecule has 1 amide bonds. The van der Waals surface area contributed by atoms with Crippen LogP contribution in [0.15, 0.2) is 48.5 Å². The van der Waals surface area contributed by atoms with Crippen LogP contribution in [0.3, 0.4) is 0 Å². The molecule has 0 radical (unpaired) electrons. The van der Waals surface area contributed by atoms with Gasteiger partial charge < -0.3 is 10.4 Å². The Morgan fingerprint density at radius 1 is 1.11 bits per heavy atom. The molecule has 2 aromatic rings. The number of benzene rings is 2. The highest BCUT2D eigenvalue weighted by atomic mass is 16.3. The first kappa shape index (κ1) is 13.3. The van der Waals surface area contributed by atoms with Crippen LogP contribution in [0.2, 0.25) is 0 Å². The molecule has 0 unspecified atom stereocenters. The Balaban J connectivity index is 2.11. The minimum Gasteiger partial charge on any atom is -0.392 e. The predicted octanol–water partition coefficient (Wildman–Crippen LogP) is 2.99. The molecule has 2 rings (SSSR count). The van der Waals surface area contributed by atoms with Gasteiger partial charge in [-0.2, -0.15) is 0 Å². The summed E-state index contributed by atoms with van der Waals surface area (Å²) in [7, 11) is 0. The van der Waals surface area contributed by atoms with Crippen molar-refractivity contribution in [1.29, 1.82) is 0 Å². The zero-order valence-corrected chi connectivity index (χ0v) is 10.9. The number of rotatable bonds is 4. The number of amides is 1. The summed E-state index contributed by atoms with van der Waals surface area (Å²) in [6.45, 7) is 2.05. The van der Waals surface area contributed by atoms with Crippen molar-refractivity contribution in [2.45, 2.75) is 20.0 Å². The topological polar surface area (TPSA) is 49.3 Å². The molecular formula is C16H17NO2. The highest BCUT2D eigenvalue weighted by molar-refractivity contribution is 6.04. The molecule has 0 aromatic heterocycles. The zero-order valence-electron chi connectivity index (χ0n) is 10.9. The van der Waals surface area contributed by atoms with Crippen LogP contribution >= 0.6 is 0 Å². The van der Waals surface area contributed by atoms with E-state index in [1.165, 1.54) is 5.56 Å². The van der Waals surface area contributed by atoms with E-state index in [0.717, 1.165) is 12.0 Å². The lowest BCUT2D eigenvalue weighted by Gasteiger charge is -2.07. The first-order valence-corrected chi connectivity index (χ1v) is 6.33. The van der Waals surface area contributed by atoms with Gasteiger partial charge in [-0.15, -0.1) is 0 Å². The molecule has 0 fully saturated rings. The number of aliphatic hydroxyl groups is 1. The lowest BCUT2D eigenvalue weighted by atomic mass is 10.1. The summed E-state index contributed by atoms with van der Waals surface area (Å²) in [5.41, 5.74) is 3.31. The molecule has 2 aromatic carbocycles. The van der Waals surface area contributed by atoms with Crippen LogP contribution in [0, 0.1) is 0 Å². The summed E-state index contributed by atoms with van der Waals surface area (Å²) in [6.07, 6.45) is 0.959. The standard InChI is InChI=1S/C16H17NO2/c1-2-12-6-8-14(9-7-12)16(19)17-15-5-3-4-13(10-15)11-18/h3-10,18H,2,11H2,1H3,(H,17,19). The normalized spacial score (nSPS) is 10.2. The van der Waals surface area contributed by atoms with Gasteiger partial charge in [0.15, 0.2) is 0 Å². The lowest BCUT2D eigenvalue weighted by Crippen LogP contribution is -2.12. The molecule has 3 heteroatoms. The van der Waals surface area contributed by atoms with Crippen molar-refractivity contribution in [3.8, 4) is 0 Å². The zero-order chi connectivity index (χ0) is 13.7. The molecule has 3 nitrogen and oxygen atoms in total. The SMILES string of the molecule is CCc1ccc(C(=O)Nc2cccc(CO)c2)cc1. The van der Waals surface area contributed by atoms with Crippen molar-refractivity contribution in [1.82, 2.24) is 0 Å². The Morgan fingerprint density at radius 3 is 2.47 bits per heavy atom. The number of aliphatic hydroxyl groups excluding tert-OH is 1. The van der Waals surface area contributed by atoms with Gasteiger partial charge in [-0.25, -0.2) is 0 Å². The Hall–Kier alpha value is -2.13. The molecule has 98 valence electrons. The van der Waals surface area contributed by atoms with Gasteiger partial charge in [0.25, 0.3) is 5.91 Å². The van der Waals surface area contributed by atoms with E-state index >= 15 is 0 Å². The highest BCUT2D eigenvalue weighted by Crippen LogP contribution is 2.13. The van der Waals surface area contributed by atoms with Crippen LogP contribution in [-0.2, 0) is 13.0 Å². The van der Waals surface area contributed by atoms with Gasteiger partial charge >= 0.3 is 0 Å². The average Bonchev–Trinajstić information content (AvgIpc) is 2.47. The summed E-state index contributed by atoms with van der Waals surface area (Å²) >= 11 is 0. The Labute approximate surface area is 112 Å². The van der Waals surface area contributed by atoms with Crippen molar-refractivity contribution in [3.63, 3.8) is 0 Å². The number of anilines is 1. The molecular weight excluding hydrogens is 238 g/mol. The third kappa shape index (κ3) is 3.42. The van der Waals surface area contributed by atoms with Crippen LogP contribution in [-0.4, -0.2) is 11.0 Å². The molecule has 0 saturated carbocycles. The fourth-order valence-corrected chi connectivity index (χ4v) is 1.84.